The maximum absolute atomic E-state index is 14.3. The van der Waals surface area contributed by atoms with E-state index in [2.05, 4.69) is 15.6 Å². The minimum absolute atomic E-state index is 0.0136. The molecule has 0 aromatic heterocycles. The fourth-order valence-corrected chi connectivity index (χ4v) is 8.71. The highest BCUT2D eigenvalue weighted by Crippen LogP contribution is 2.32. The van der Waals surface area contributed by atoms with Crippen molar-refractivity contribution < 1.29 is 67.2 Å². The number of likely N-dealkylation sites (tertiary alicyclic amines) is 2. The number of carbonyl (C=O) groups is 6. The normalized spacial score (nSPS) is 16.9. The third-order valence-electron chi connectivity index (χ3n) is 12.0. The van der Waals surface area contributed by atoms with Crippen LogP contribution in [0.15, 0.2) is 102 Å². The summed E-state index contributed by atoms with van der Waals surface area (Å²) in [6.07, 6.45) is -2.14. The Morgan fingerprint density at radius 3 is 1.75 bits per heavy atom. The molecule has 2 aliphatic rings. The molecule has 2 fully saturated rings. The standard InChI is InChI=1S/C48H52N10O17S/c1-71-38-17-9-33(10-18-38)29-75-47(64)76-39-23-40(55(25-39)46(63)74-28-32-7-15-37(16-8-32)58(69)70)41(59)54-22-19-34(24-54)52-42(60)48(50,43(61)72-26-30-3-11-35(12-4-30)56(65)66)20-2-21-51-44(49)53-45(62)73-27-31-5-13-36(14-6-31)57(67)68/h3-18,34,39-40H,2,19-29,50H2,1H3,(H,52,60)(H3,49,51,53,62)/t34-,39-,40-,48-/m0/s1. The molecular weight excluding hydrogens is 1020 g/mol. The number of carbonyl (C=O) groups excluding carboxylic acids is 6. The number of nitro groups is 3. The van der Waals surface area contributed by atoms with Gasteiger partial charge in [-0.25, -0.2) is 19.2 Å². The number of ether oxygens (including phenoxy) is 5. The molecule has 402 valence electrons. The number of hydrogen-bond donors (Lipinski definition) is 4. The van der Waals surface area contributed by atoms with Crippen molar-refractivity contribution in [1.82, 2.24) is 20.4 Å². The third-order valence-corrected chi connectivity index (χ3v) is 12.9. The summed E-state index contributed by atoms with van der Waals surface area (Å²) in [5.41, 5.74) is 11.5. The van der Waals surface area contributed by atoms with Gasteiger partial charge in [-0.2, -0.15) is 0 Å². The molecule has 4 atom stereocenters. The van der Waals surface area contributed by atoms with Gasteiger partial charge in [-0.1, -0.05) is 12.1 Å². The molecule has 2 heterocycles. The van der Waals surface area contributed by atoms with E-state index >= 15 is 0 Å². The maximum Gasteiger partial charge on any atom is 0.414 e. The van der Waals surface area contributed by atoms with E-state index in [1.807, 2.05) is 0 Å². The Kier molecular flexibility index (Phi) is 19.5. The van der Waals surface area contributed by atoms with Gasteiger partial charge in [-0.05, 0) is 108 Å². The van der Waals surface area contributed by atoms with Crippen molar-refractivity contribution in [2.45, 2.75) is 75.0 Å². The van der Waals surface area contributed by atoms with Crippen LogP contribution in [-0.2, 0) is 59.8 Å². The lowest BCUT2D eigenvalue weighted by Gasteiger charge is -2.29. The first-order valence-electron chi connectivity index (χ1n) is 23.2. The van der Waals surface area contributed by atoms with Crippen molar-refractivity contribution in [3.05, 3.63) is 150 Å². The lowest BCUT2D eigenvalue weighted by atomic mass is 9.92. The molecule has 0 unspecified atom stereocenters. The van der Waals surface area contributed by atoms with E-state index < -0.39 is 79.5 Å². The van der Waals surface area contributed by atoms with E-state index in [-0.39, 0.29) is 94.7 Å². The predicted molar refractivity (Wildman–Crippen MR) is 268 cm³/mol. The van der Waals surface area contributed by atoms with Crippen molar-refractivity contribution in [3.8, 4) is 5.75 Å². The van der Waals surface area contributed by atoms with Crippen LogP contribution in [0.3, 0.4) is 0 Å². The van der Waals surface area contributed by atoms with Crippen molar-refractivity contribution >= 4 is 70.1 Å². The second-order valence-electron chi connectivity index (χ2n) is 17.2. The van der Waals surface area contributed by atoms with Crippen LogP contribution in [0, 0.1) is 30.3 Å². The number of esters is 1. The molecule has 6 rings (SSSR count). The fourth-order valence-electron chi connectivity index (χ4n) is 7.80. The largest absolute Gasteiger partial charge is 0.497 e. The Morgan fingerprint density at radius 2 is 1.22 bits per heavy atom. The number of nitro benzene ring substituents is 3. The number of rotatable bonds is 21. The van der Waals surface area contributed by atoms with Crippen molar-refractivity contribution in [1.29, 1.82) is 0 Å². The molecule has 4 aromatic rings. The smallest absolute Gasteiger partial charge is 0.414 e. The van der Waals surface area contributed by atoms with Gasteiger partial charge in [0.05, 0.1) is 21.9 Å². The number of nitrogens with one attached hydrogen (secondary N) is 2. The molecule has 0 bridgehead atoms. The number of methoxy groups -OCH3 is 1. The Hall–Kier alpha value is -8.92. The highest BCUT2D eigenvalue weighted by Gasteiger charge is 2.47. The average molecular weight is 1070 g/mol. The molecule has 76 heavy (non-hydrogen) atoms. The maximum atomic E-state index is 14.3. The molecule has 2 saturated heterocycles. The zero-order valence-electron chi connectivity index (χ0n) is 40.6. The molecular formula is C48H52N10O17S. The lowest BCUT2D eigenvalue weighted by Crippen LogP contribution is -2.62. The summed E-state index contributed by atoms with van der Waals surface area (Å²) in [6, 6.07) is 20.7. The van der Waals surface area contributed by atoms with Gasteiger partial charge >= 0.3 is 23.5 Å². The first kappa shape index (κ1) is 56.4. The molecule has 6 N–H and O–H groups in total. The minimum atomic E-state index is -2.37. The second kappa shape index (κ2) is 26.3. The van der Waals surface area contributed by atoms with E-state index in [9.17, 15) is 59.1 Å². The summed E-state index contributed by atoms with van der Waals surface area (Å²) >= 11 is 0.804. The SMILES string of the molecule is COc1ccc(COC(=O)S[C@H]2C[C@@H](C(=O)N3CC[C@H](NC(=O)[C@@](N)(CCCN=C(N)NC(=O)OCc4ccc([N+](=O)[O-])cc4)C(=O)OCc4ccc([N+](=O)[O-])cc4)C3)N(C(=O)OCc3ccc([N+](=O)[O-])cc3)C2)cc1. The van der Waals surface area contributed by atoms with E-state index in [0.717, 1.165) is 11.8 Å². The second-order valence-corrected chi connectivity index (χ2v) is 18.5. The Labute approximate surface area is 436 Å². The van der Waals surface area contributed by atoms with Crippen LogP contribution in [0.4, 0.5) is 31.4 Å². The number of guanidine groups is 1. The Balaban J connectivity index is 1.09. The topological polar surface area (TPSA) is 373 Å². The Morgan fingerprint density at radius 1 is 0.724 bits per heavy atom. The predicted octanol–water partition coefficient (Wildman–Crippen LogP) is 4.75. The number of nitrogens with zero attached hydrogens (tertiary/aromatic N) is 6. The van der Waals surface area contributed by atoms with Crippen molar-refractivity contribution in [3.63, 3.8) is 0 Å². The van der Waals surface area contributed by atoms with Gasteiger partial charge in [0.1, 0.15) is 38.2 Å². The highest BCUT2D eigenvalue weighted by atomic mass is 32.2. The van der Waals surface area contributed by atoms with Gasteiger partial charge in [0.25, 0.3) is 23.0 Å². The van der Waals surface area contributed by atoms with Crippen LogP contribution >= 0.6 is 11.8 Å². The zero-order valence-corrected chi connectivity index (χ0v) is 41.5. The fraction of sp³-hybridized carbons (Fsp3) is 0.354. The van der Waals surface area contributed by atoms with Crippen LogP contribution in [-0.4, -0.2) is 122 Å². The van der Waals surface area contributed by atoms with Crippen LogP contribution in [0.25, 0.3) is 0 Å². The number of amides is 4. The number of nitrogens with two attached hydrogens (primary N) is 2. The van der Waals surface area contributed by atoms with Crippen LogP contribution in [0.1, 0.15) is 47.9 Å². The first-order chi connectivity index (χ1) is 36.3. The van der Waals surface area contributed by atoms with Gasteiger partial charge in [-0.3, -0.25) is 55.1 Å². The van der Waals surface area contributed by atoms with Gasteiger partial charge in [0, 0.05) is 73.9 Å². The first-order valence-corrected chi connectivity index (χ1v) is 24.1. The molecule has 4 amide bonds. The van der Waals surface area contributed by atoms with E-state index in [1.165, 1.54) is 89.7 Å². The van der Waals surface area contributed by atoms with E-state index in [1.54, 1.807) is 24.3 Å². The summed E-state index contributed by atoms with van der Waals surface area (Å²) in [6.45, 7) is -1.27. The van der Waals surface area contributed by atoms with Crippen molar-refractivity contribution in [2.75, 3.05) is 33.3 Å². The molecule has 27 nitrogen and oxygen atoms in total. The number of non-ortho nitro benzene ring substituents is 3. The summed E-state index contributed by atoms with van der Waals surface area (Å²) in [5.74, 6) is -2.44. The van der Waals surface area contributed by atoms with Crippen LogP contribution in [0.2, 0.25) is 0 Å². The molecule has 0 aliphatic carbocycles. The molecule has 0 spiro atoms. The van der Waals surface area contributed by atoms with Gasteiger partial charge in [0.15, 0.2) is 11.5 Å². The molecule has 0 radical (unpaired) electrons. The number of hydrogen-bond acceptors (Lipinski definition) is 20. The Bertz CT molecular complexity index is 2810. The van der Waals surface area contributed by atoms with Gasteiger partial charge in [0.2, 0.25) is 5.91 Å². The van der Waals surface area contributed by atoms with Gasteiger partial charge in [-0.15, -0.1) is 0 Å². The molecule has 4 aromatic carbocycles. The quantitative estimate of drug-likeness (QED) is 0.0128. The summed E-state index contributed by atoms with van der Waals surface area (Å²) in [5, 5.41) is 36.9. The third kappa shape index (κ3) is 15.8. The molecule has 28 heteroatoms. The lowest BCUT2D eigenvalue weighted by molar-refractivity contribution is -0.385. The summed E-state index contributed by atoms with van der Waals surface area (Å²) < 4.78 is 26.7. The van der Waals surface area contributed by atoms with Crippen LogP contribution < -0.4 is 26.8 Å². The van der Waals surface area contributed by atoms with Gasteiger partial charge < -0.3 is 45.4 Å². The zero-order chi connectivity index (χ0) is 54.9. The average Bonchev–Trinajstić information content (AvgIpc) is 4.08. The number of aliphatic imine (C=N–C) groups is 1. The highest BCUT2D eigenvalue weighted by molar-refractivity contribution is 8.13. The van der Waals surface area contributed by atoms with Crippen molar-refractivity contribution in [2.24, 2.45) is 16.5 Å². The molecule has 2 aliphatic heterocycles. The monoisotopic (exact) mass is 1070 g/mol. The number of thioether (sulfide) groups is 1. The van der Waals surface area contributed by atoms with E-state index in [0.29, 0.717) is 28.0 Å². The minimum Gasteiger partial charge on any atom is -0.497 e. The summed E-state index contributed by atoms with van der Waals surface area (Å²) in [7, 11) is 1.52. The number of alkyl carbamates (subject to hydrolysis) is 1. The number of benzene rings is 4. The summed E-state index contributed by atoms with van der Waals surface area (Å²) in [4.78, 5) is 119. The van der Waals surface area contributed by atoms with Crippen LogP contribution in [0.5, 0.6) is 5.75 Å². The van der Waals surface area contributed by atoms with E-state index in [4.69, 9.17) is 35.2 Å². The molecule has 0 saturated carbocycles.